The van der Waals surface area contributed by atoms with E-state index >= 15 is 0 Å². The van der Waals surface area contributed by atoms with Gasteiger partial charge in [-0.25, -0.2) is 4.98 Å². The van der Waals surface area contributed by atoms with Crippen LogP contribution in [0.3, 0.4) is 0 Å². The van der Waals surface area contributed by atoms with Gasteiger partial charge in [0.05, 0.1) is 0 Å². The van der Waals surface area contributed by atoms with Crippen molar-refractivity contribution < 1.29 is 4.79 Å². The first kappa shape index (κ1) is 23.9. The van der Waals surface area contributed by atoms with Crippen LogP contribution in [0.15, 0.2) is 53.5 Å². The summed E-state index contributed by atoms with van der Waals surface area (Å²) in [6.45, 7) is 7.48. The van der Waals surface area contributed by atoms with Gasteiger partial charge >= 0.3 is 0 Å². The van der Waals surface area contributed by atoms with Crippen LogP contribution in [0.4, 0.5) is 5.82 Å². The van der Waals surface area contributed by atoms with Gasteiger partial charge in [0.15, 0.2) is 5.96 Å². The lowest BCUT2D eigenvalue weighted by Gasteiger charge is -2.26. The van der Waals surface area contributed by atoms with E-state index in [0.717, 1.165) is 12.2 Å². The van der Waals surface area contributed by atoms with Crippen molar-refractivity contribution in [2.45, 2.75) is 32.6 Å². The molecule has 28 heavy (non-hydrogen) atoms. The third-order valence-electron chi connectivity index (χ3n) is 4.28. The largest absolute Gasteiger partial charge is 0.356 e. The van der Waals surface area contributed by atoms with E-state index in [0.29, 0.717) is 24.7 Å². The highest BCUT2D eigenvalue weighted by Gasteiger charge is 2.20. The van der Waals surface area contributed by atoms with Crippen molar-refractivity contribution in [3.8, 4) is 0 Å². The van der Waals surface area contributed by atoms with Gasteiger partial charge in [-0.05, 0) is 24.6 Å². The maximum absolute atomic E-state index is 12.0. The van der Waals surface area contributed by atoms with Gasteiger partial charge in [-0.2, -0.15) is 0 Å². The fraction of sp³-hybridized carbons (Fsp3) is 0.381. The number of carbonyl (C=O) groups is 1. The van der Waals surface area contributed by atoms with E-state index in [2.05, 4.69) is 51.9 Å². The van der Waals surface area contributed by atoms with E-state index in [9.17, 15) is 4.79 Å². The van der Waals surface area contributed by atoms with Crippen LogP contribution in [0.1, 0.15) is 31.5 Å². The van der Waals surface area contributed by atoms with Gasteiger partial charge in [-0.15, -0.1) is 24.0 Å². The zero-order valence-electron chi connectivity index (χ0n) is 17.0. The van der Waals surface area contributed by atoms with Gasteiger partial charge in [0.1, 0.15) is 5.82 Å². The van der Waals surface area contributed by atoms with E-state index in [1.165, 1.54) is 5.56 Å². The second-order valence-corrected chi connectivity index (χ2v) is 7.06. The van der Waals surface area contributed by atoms with Crippen LogP contribution >= 0.6 is 24.0 Å². The molecule has 6 nitrogen and oxygen atoms in total. The molecule has 1 amide bonds. The number of nitrogens with one attached hydrogen (secondary N) is 3. The van der Waals surface area contributed by atoms with Gasteiger partial charge < -0.3 is 16.0 Å². The summed E-state index contributed by atoms with van der Waals surface area (Å²) in [6.07, 6.45) is 0.332. The Bertz CT molecular complexity index is 777. The predicted octanol–water partition coefficient (Wildman–Crippen LogP) is 3.48. The van der Waals surface area contributed by atoms with Crippen LogP contribution in [0.25, 0.3) is 0 Å². The van der Waals surface area contributed by atoms with Crippen molar-refractivity contribution in [3.05, 3.63) is 59.8 Å². The predicted molar refractivity (Wildman–Crippen MR) is 126 cm³/mol. The highest BCUT2D eigenvalue weighted by Crippen LogP contribution is 2.21. The fourth-order valence-corrected chi connectivity index (χ4v) is 2.63. The van der Waals surface area contributed by atoms with Crippen molar-refractivity contribution >= 4 is 41.7 Å². The molecule has 1 aromatic carbocycles. The smallest absolute Gasteiger partial charge is 0.227 e. The quantitative estimate of drug-likeness (QED) is 0.312. The monoisotopic (exact) mass is 495 g/mol. The Balaban J connectivity index is 0.00000392. The number of pyridine rings is 1. The minimum atomic E-state index is -0.0827. The zero-order valence-corrected chi connectivity index (χ0v) is 19.3. The number of amides is 1. The Morgan fingerprint density at radius 3 is 2.43 bits per heavy atom. The molecule has 0 atom stereocenters. The number of hydrogen-bond donors (Lipinski definition) is 3. The summed E-state index contributed by atoms with van der Waals surface area (Å²) in [5.74, 6) is 1.17. The minimum absolute atomic E-state index is 0. The number of rotatable bonds is 7. The average Bonchev–Trinajstić information content (AvgIpc) is 2.65. The first-order valence-electron chi connectivity index (χ1n) is 9.14. The molecule has 1 aromatic heterocycles. The number of guanidine groups is 1. The summed E-state index contributed by atoms with van der Waals surface area (Å²) in [5, 5.41) is 9.32. The van der Waals surface area contributed by atoms with E-state index in [1.54, 1.807) is 13.1 Å². The summed E-state index contributed by atoms with van der Waals surface area (Å²) in [4.78, 5) is 20.5. The Morgan fingerprint density at radius 1 is 1.07 bits per heavy atom. The lowest BCUT2D eigenvalue weighted by molar-refractivity contribution is -0.116. The normalized spacial score (nSPS) is 11.4. The van der Waals surface area contributed by atoms with Gasteiger partial charge in [0.25, 0.3) is 0 Å². The number of halogens is 1. The van der Waals surface area contributed by atoms with Gasteiger partial charge in [0, 0.05) is 37.7 Å². The number of aryl methyl sites for hydroxylation is 1. The summed E-state index contributed by atoms with van der Waals surface area (Å²) >= 11 is 0. The van der Waals surface area contributed by atoms with Crippen LogP contribution in [0.2, 0.25) is 0 Å². The Kier molecular flexibility index (Phi) is 9.92. The molecule has 0 radical (unpaired) electrons. The second kappa shape index (κ2) is 11.6. The van der Waals surface area contributed by atoms with Crippen molar-refractivity contribution in [1.29, 1.82) is 0 Å². The fourth-order valence-electron chi connectivity index (χ4n) is 2.63. The molecular formula is C21H30IN5O. The van der Waals surface area contributed by atoms with E-state index in [1.807, 2.05) is 37.3 Å². The molecule has 2 rings (SSSR count). The molecule has 7 heteroatoms. The van der Waals surface area contributed by atoms with Crippen LogP contribution in [-0.4, -0.2) is 37.0 Å². The number of aliphatic imine (C=N–C) groups is 1. The molecule has 1 heterocycles. The van der Waals surface area contributed by atoms with Crippen LogP contribution in [0.5, 0.6) is 0 Å². The summed E-state index contributed by atoms with van der Waals surface area (Å²) in [5.41, 5.74) is 2.10. The first-order chi connectivity index (χ1) is 12.9. The maximum atomic E-state index is 12.0. The van der Waals surface area contributed by atoms with Gasteiger partial charge in [-0.3, -0.25) is 9.79 Å². The standard InChI is InChI=1S/C21H29N5O.HI/c1-16-9-8-12-18(25-16)26-19(27)13-14-23-20(22-4)24-15-21(2,3)17-10-6-5-7-11-17;/h5-12H,13-15H2,1-4H3,(H2,22,23,24)(H,25,26,27);1H. The molecule has 0 fully saturated rings. The van der Waals surface area contributed by atoms with E-state index < -0.39 is 0 Å². The topological polar surface area (TPSA) is 78.4 Å². The van der Waals surface area contributed by atoms with Crippen LogP contribution in [-0.2, 0) is 10.2 Å². The molecular weight excluding hydrogens is 465 g/mol. The molecule has 0 bridgehead atoms. The van der Waals surface area contributed by atoms with E-state index in [4.69, 9.17) is 0 Å². The first-order valence-corrected chi connectivity index (χ1v) is 9.14. The van der Waals surface area contributed by atoms with Gasteiger partial charge in [-0.1, -0.05) is 50.2 Å². The number of benzene rings is 1. The third kappa shape index (κ3) is 7.84. The SMILES string of the molecule is CN=C(NCCC(=O)Nc1cccc(C)n1)NCC(C)(C)c1ccccc1.I. The van der Waals surface area contributed by atoms with Crippen molar-refractivity contribution in [1.82, 2.24) is 15.6 Å². The van der Waals surface area contributed by atoms with Crippen LogP contribution < -0.4 is 16.0 Å². The number of aromatic nitrogens is 1. The molecule has 0 unspecified atom stereocenters. The second-order valence-electron chi connectivity index (χ2n) is 7.06. The Morgan fingerprint density at radius 2 is 1.79 bits per heavy atom. The highest BCUT2D eigenvalue weighted by molar-refractivity contribution is 14.0. The lowest BCUT2D eigenvalue weighted by atomic mass is 9.85. The highest BCUT2D eigenvalue weighted by atomic mass is 127. The lowest BCUT2D eigenvalue weighted by Crippen LogP contribution is -2.44. The molecule has 0 aliphatic heterocycles. The molecule has 3 N–H and O–H groups in total. The average molecular weight is 495 g/mol. The van der Waals surface area contributed by atoms with E-state index in [-0.39, 0.29) is 35.3 Å². The molecule has 2 aromatic rings. The maximum Gasteiger partial charge on any atom is 0.227 e. The minimum Gasteiger partial charge on any atom is -0.356 e. The summed E-state index contributed by atoms with van der Waals surface area (Å²) in [7, 11) is 1.72. The number of hydrogen-bond acceptors (Lipinski definition) is 3. The van der Waals surface area contributed by atoms with Crippen LogP contribution in [0, 0.1) is 6.92 Å². The molecule has 152 valence electrons. The molecule has 0 saturated heterocycles. The Labute approximate surface area is 184 Å². The summed E-state index contributed by atoms with van der Waals surface area (Å²) in [6, 6.07) is 15.9. The third-order valence-corrected chi connectivity index (χ3v) is 4.28. The number of anilines is 1. The summed E-state index contributed by atoms with van der Waals surface area (Å²) < 4.78 is 0. The molecule has 0 spiro atoms. The molecule has 0 aliphatic rings. The van der Waals surface area contributed by atoms with Crippen molar-refractivity contribution in [3.63, 3.8) is 0 Å². The van der Waals surface area contributed by atoms with Gasteiger partial charge in [0.2, 0.25) is 5.91 Å². The van der Waals surface area contributed by atoms with Crippen molar-refractivity contribution in [2.24, 2.45) is 4.99 Å². The number of carbonyl (C=O) groups excluding carboxylic acids is 1. The number of nitrogens with zero attached hydrogens (tertiary/aromatic N) is 2. The molecule has 0 aliphatic carbocycles. The Hall–Kier alpha value is -2.16. The molecule has 0 saturated carbocycles. The van der Waals surface area contributed by atoms with Crippen molar-refractivity contribution in [2.75, 3.05) is 25.5 Å². The zero-order chi connectivity index (χ0) is 19.7.